The summed E-state index contributed by atoms with van der Waals surface area (Å²) in [5.41, 5.74) is 0.889. The Hall–Kier alpha value is -0.560. The van der Waals surface area contributed by atoms with E-state index in [0.717, 1.165) is 31.4 Å². The second-order valence-corrected chi connectivity index (χ2v) is 7.94. The molecule has 0 aliphatic heterocycles. The molecule has 5 nitrogen and oxygen atoms in total. The minimum Gasteiger partial charge on any atom is -0.383 e. The monoisotopic (exact) mass is 332 g/mol. The van der Waals surface area contributed by atoms with E-state index in [4.69, 9.17) is 16.3 Å². The van der Waals surface area contributed by atoms with Crippen LogP contribution in [0.2, 0.25) is 0 Å². The van der Waals surface area contributed by atoms with E-state index in [1.165, 1.54) is 0 Å². The van der Waals surface area contributed by atoms with Crippen molar-refractivity contribution >= 4 is 21.6 Å². The van der Waals surface area contributed by atoms with Crippen molar-refractivity contribution in [1.29, 1.82) is 0 Å². The molecule has 0 spiro atoms. The molecule has 1 heterocycles. The predicted molar refractivity (Wildman–Crippen MR) is 81.0 cm³/mol. The van der Waals surface area contributed by atoms with Crippen LogP contribution < -0.4 is 0 Å². The van der Waals surface area contributed by atoms with Gasteiger partial charge in [0, 0.05) is 37.6 Å². The van der Waals surface area contributed by atoms with Gasteiger partial charge in [0.15, 0.2) is 0 Å². The number of halogens is 1. The molecule has 0 unspecified atom stereocenters. The van der Waals surface area contributed by atoms with E-state index >= 15 is 0 Å². The maximum Gasteiger partial charge on any atom is 0.244 e. The molecule has 0 atom stereocenters. The third kappa shape index (κ3) is 3.13. The number of ether oxygens (including phenoxy) is 1. The SMILES string of the molecule is COCCN(C1CC1)S(=O)(=O)c1cc(CCl)n(C2CC2)c1. The average molecular weight is 333 g/mol. The fourth-order valence-electron chi connectivity index (χ4n) is 2.62. The molecule has 0 saturated heterocycles. The van der Waals surface area contributed by atoms with Crippen LogP contribution in [0.1, 0.15) is 37.4 Å². The average Bonchev–Trinajstić information content (AvgIpc) is 3.38. The highest BCUT2D eigenvalue weighted by atomic mass is 35.5. The molecule has 7 heteroatoms. The van der Waals surface area contributed by atoms with Gasteiger partial charge in [0.1, 0.15) is 4.90 Å². The lowest BCUT2D eigenvalue weighted by Crippen LogP contribution is -2.35. The summed E-state index contributed by atoms with van der Waals surface area (Å²) in [5, 5.41) is 0. The van der Waals surface area contributed by atoms with Crippen molar-refractivity contribution in [3.05, 3.63) is 18.0 Å². The van der Waals surface area contributed by atoms with Crippen LogP contribution in [0.5, 0.6) is 0 Å². The summed E-state index contributed by atoms with van der Waals surface area (Å²) in [7, 11) is -1.86. The molecule has 21 heavy (non-hydrogen) atoms. The largest absolute Gasteiger partial charge is 0.383 e. The Kier molecular flexibility index (Phi) is 4.32. The topological polar surface area (TPSA) is 51.5 Å². The van der Waals surface area contributed by atoms with E-state index < -0.39 is 10.0 Å². The Morgan fingerprint density at radius 1 is 1.38 bits per heavy atom. The van der Waals surface area contributed by atoms with Crippen molar-refractivity contribution in [3.63, 3.8) is 0 Å². The maximum atomic E-state index is 12.9. The third-order valence-electron chi connectivity index (χ3n) is 4.06. The van der Waals surface area contributed by atoms with Crippen molar-refractivity contribution in [2.24, 2.45) is 0 Å². The number of rotatable bonds is 8. The standard InChI is InChI=1S/C14H21ClN2O3S/c1-20-7-6-17(12-4-5-12)21(18,19)14-8-13(9-15)16(10-14)11-2-3-11/h8,10-12H,2-7,9H2,1H3. The van der Waals surface area contributed by atoms with Gasteiger partial charge < -0.3 is 9.30 Å². The first-order valence-corrected chi connectivity index (χ1v) is 9.33. The predicted octanol–water partition coefficient (Wildman–Crippen LogP) is 2.36. The number of hydrogen-bond acceptors (Lipinski definition) is 3. The zero-order valence-corrected chi connectivity index (χ0v) is 13.7. The molecule has 2 fully saturated rings. The molecular formula is C14H21ClN2O3S. The second kappa shape index (κ2) is 5.91. The van der Waals surface area contributed by atoms with Crippen LogP contribution in [0.25, 0.3) is 0 Å². The Bertz CT molecular complexity index is 606. The van der Waals surface area contributed by atoms with Crippen LogP contribution in [0.4, 0.5) is 0 Å². The molecule has 118 valence electrons. The minimum absolute atomic E-state index is 0.133. The molecule has 2 aliphatic rings. The van der Waals surface area contributed by atoms with Gasteiger partial charge in [0.2, 0.25) is 10.0 Å². The summed E-state index contributed by atoms with van der Waals surface area (Å²) in [4.78, 5) is 0.369. The fraction of sp³-hybridized carbons (Fsp3) is 0.714. The molecule has 2 aliphatic carbocycles. The van der Waals surface area contributed by atoms with E-state index in [9.17, 15) is 8.42 Å². The van der Waals surface area contributed by atoms with Gasteiger partial charge in [0.05, 0.1) is 12.5 Å². The summed E-state index contributed by atoms with van der Waals surface area (Å²) in [6, 6.07) is 2.29. The normalized spacial score (nSPS) is 19.4. The van der Waals surface area contributed by atoms with E-state index in [1.807, 2.05) is 4.57 Å². The van der Waals surface area contributed by atoms with Crippen LogP contribution in [0.3, 0.4) is 0 Å². The van der Waals surface area contributed by atoms with Gasteiger partial charge in [-0.15, -0.1) is 11.6 Å². The molecule has 0 N–H and O–H groups in total. The number of sulfonamides is 1. The van der Waals surface area contributed by atoms with E-state index in [-0.39, 0.29) is 6.04 Å². The minimum atomic E-state index is -3.45. The number of nitrogens with zero attached hydrogens (tertiary/aromatic N) is 2. The van der Waals surface area contributed by atoms with Gasteiger partial charge in [0.25, 0.3) is 0 Å². The molecule has 1 aromatic rings. The molecular weight excluding hydrogens is 312 g/mol. The van der Waals surface area contributed by atoms with Crippen molar-refractivity contribution in [1.82, 2.24) is 8.87 Å². The fourth-order valence-corrected chi connectivity index (χ4v) is 4.55. The number of methoxy groups -OCH3 is 1. The van der Waals surface area contributed by atoms with Gasteiger partial charge >= 0.3 is 0 Å². The second-order valence-electron chi connectivity index (χ2n) is 5.78. The molecule has 0 aromatic carbocycles. The van der Waals surface area contributed by atoms with Crippen LogP contribution in [-0.2, 0) is 20.6 Å². The van der Waals surface area contributed by atoms with E-state index in [1.54, 1.807) is 23.7 Å². The number of alkyl halides is 1. The molecule has 1 aromatic heterocycles. The highest BCUT2D eigenvalue weighted by molar-refractivity contribution is 7.89. The molecule has 2 saturated carbocycles. The Morgan fingerprint density at radius 2 is 2.10 bits per heavy atom. The number of hydrogen-bond donors (Lipinski definition) is 0. The van der Waals surface area contributed by atoms with Crippen LogP contribution in [-0.4, -0.2) is 43.6 Å². The van der Waals surface area contributed by atoms with Crippen LogP contribution in [0.15, 0.2) is 17.2 Å². The lowest BCUT2D eigenvalue weighted by atomic mass is 10.5. The summed E-state index contributed by atoms with van der Waals surface area (Å²) in [5.74, 6) is 0.341. The zero-order chi connectivity index (χ0) is 15.0. The summed E-state index contributed by atoms with van der Waals surface area (Å²) >= 11 is 5.96. The third-order valence-corrected chi connectivity index (χ3v) is 6.25. The quantitative estimate of drug-likeness (QED) is 0.687. The Balaban J connectivity index is 1.89. The number of aromatic nitrogens is 1. The first-order valence-electron chi connectivity index (χ1n) is 7.35. The van der Waals surface area contributed by atoms with Gasteiger partial charge in [-0.05, 0) is 31.7 Å². The maximum absolute atomic E-state index is 12.9. The first kappa shape index (κ1) is 15.3. The van der Waals surface area contributed by atoms with Gasteiger partial charge in [-0.2, -0.15) is 4.31 Å². The highest BCUT2D eigenvalue weighted by Gasteiger charge is 2.39. The van der Waals surface area contributed by atoms with Crippen LogP contribution in [0, 0.1) is 0 Å². The first-order chi connectivity index (χ1) is 10.1. The highest BCUT2D eigenvalue weighted by Crippen LogP contribution is 2.39. The van der Waals surface area contributed by atoms with Gasteiger partial charge in [-0.1, -0.05) is 0 Å². The molecule has 0 radical (unpaired) electrons. The summed E-state index contributed by atoms with van der Waals surface area (Å²) in [6.45, 7) is 0.829. The van der Waals surface area contributed by atoms with Crippen LogP contribution >= 0.6 is 11.6 Å². The van der Waals surface area contributed by atoms with E-state index in [2.05, 4.69) is 0 Å². The molecule has 0 bridgehead atoms. The Labute approximate surface area is 130 Å². The Morgan fingerprint density at radius 3 is 2.62 bits per heavy atom. The lowest BCUT2D eigenvalue weighted by Gasteiger charge is -2.20. The molecule has 0 amide bonds. The van der Waals surface area contributed by atoms with E-state index in [0.29, 0.717) is 30.0 Å². The van der Waals surface area contributed by atoms with Crippen molar-refractivity contribution in [2.75, 3.05) is 20.3 Å². The smallest absolute Gasteiger partial charge is 0.244 e. The van der Waals surface area contributed by atoms with Crippen molar-refractivity contribution in [2.45, 2.75) is 48.5 Å². The van der Waals surface area contributed by atoms with Crippen molar-refractivity contribution < 1.29 is 13.2 Å². The summed E-state index contributed by atoms with van der Waals surface area (Å²) in [6.07, 6.45) is 5.85. The van der Waals surface area contributed by atoms with Gasteiger partial charge in [-0.25, -0.2) is 8.42 Å². The molecule has 3 rings (SSSR count). The van der Waals surface area contributed by atoms with Crippen molar-refractivity contribution in [3.8, 4) is 0 Å². The lowest BCUT2D eigenvalue weighted by molar-refractivity contribution is 0.177. The summed E-state index contributed by atoms with van der Waals surface area (Å²) < 4.78 is 34.4. The van der Waals surface area contributed by atoms with Gasteiger partial charge in [-0.3, -0.25) is 0 Å². The zero-order valence-electron chi connectivity index (χ0n) is 12.2.